The molecule has 3 nitrogen and oxygen atoms in total. The first-order chi connectivity index (χ1) is 7.58. The summed E-state index contributed by atoms with van der Waals surface area (Å²) in [5, 5.41) is 18.9. The minimum Gasteiger partial charge on any atom is -0.508 e. The molecular formula is C13H21NO2. The molecule has 1 rings (SSSR count). The predicted molar refractivity (Wildman–Crippen MR) is 65.5 cm³/mol. The maximum absolute atomic E-state index is 9.77. The fraction of sp³-hybridized carbons (Fsp3) is 0.538. The molecule has 0 bridgehead atoms. The number of nitrogens with two attached hydrogens (primary N) is 1. The van der Waals surface area contributed by atoms with Gasteiger partial charge in [-0.15, -0.1) is 0 Å². The van der Waals surface area contributed by atoms with Gasteiger partial charge in [0.25, 0.3) is 0 Å². The van der Waals surface area contributed by atoms with Gasteiger partial charge in [-0.25, -0.2) is 0 Å². The number of aromatic hydroxyl groups is 1. The highest BCUT2D eigenvalue weighted by molar-refractivity contribution is 5.38. The molecule has 0 amide bonds. The molecule has 0 saturated heterocycles. The third-order valence-electron chi connectivity index (χ3n) is 2.99. The molecule has 0 fully saturated rings. The molecule has 0 aliphatic carbocycles. The summed E-state index contributed by atoms with van der Waals surface area (Å²) in [4.78, 5) is 0. The van der Waals surface area contributed by atoms with Crippen molar-refractivity contribution in [3.63, 3.8) is 0 Å². The van der Waals surface area contributed by atoms with Gasteiger partial charge in [0, 0.05) is 6.61 Å². The van der Waals surface area contributed by atoms with Gasteiger partial charge in [0.2, 0.25) is 0 Å². The topological polar surface area (TPSA) is 66.5 Å². The predicted octanol–water partition coefficient (Wildman–Crippen LogP) is 1.76. The smallest absolute Gasteiger partial charge is 0.119 e. The zero-order valence-corrected chi connectivity index (χ0v) is 9.98. The van der Waals surface area contributed by atoms with Crippen LogP contribution in [-0.4, -0.2) is 23.4 Å². The Morgan fingerprint density at radius 1 is 1.38 bits per heavy atom. The minimum absolute atomic E-state index is 0.105. The average Bonchev–Trinajstić information content (AvgIpc) is 2.28. The van der Waals surface area contributed by atoms with E-state index in [1.54, 1.807) is 6.07 Å². The van der Waals surface area contributed by atoms with Gasteiger partial charge in [0.15, 0.2) is 0 Å². The van der Waals surface area contributed by atoms with Crippen LogP contribution in [0.2, 0.25) is 0 Å². The van der Waals surface area contributed by atoms with Crippen molar-refractivity contribution in [3.05, 3.63) is 29.3 Å². The van der Waals surface area contributed by atoms with E-state index in [9.17, 15) is 5.11 Å². The number of hydrogen-bond donors (Lipinski definition) is 3. The van der Waals surface area contributed by atoms with Crippen LogP contribution in [0.25, 0.3) is 0 Å². The van der Waals surface area contributed by atoms with Crippen molar-refractivity contribution >= 4 is 0 Å². The summed E-state index contributed by atoms with van der Waals surface area (Å²) in [6.45, 7) is 4.63. The maximum Gasteiger partial charge on any atom is 0.119 e. The van der Waals surface area contributed by atoms with Gasteiger partial charge in [0.05, 0.1) is 0 Å². The van der Waals surface area contributed by atoms with E-state index in [-0.39, 0.29) is 18.4 Å². The quantitative estimate of drug-likeness (QED) is 0.712. The monoisotopic (exact) mass is 223 g/mol. The first kappa shape index (κ1) is 13.0. The molecule has 16 heavy (non-hydrogen) atoms. The van der Waals surface area contributed by atoms with Crippen LogP contribution in [0.4, 0.5) is 0 Å². The Kier molecular flexibility index (Phi) is 4.77. The lowest BCUT2D eigenvalue weighted by atomic mass is 9.89. The number of benzene rings is 1. The lowest BCUT2D eigenvalue weighted by Crippen LogP contribution is -2.20. The lowest BCUT2D eigenvalue weighted by molar-refractivity contribution is 0.216. The van der Waals surface area contributed by atoms with E-state index in [4.69, 9.17) is 10.8 Å². The van der Waals surface area contributed by atoms with Crippen molar-refractivity contribution in [1.82, 2.24) is 0 Å². The van der Waals surface area contributed by atoms with Crippen LogP contribution in [0.1, 0.15) is 30.4 Å². The van der Waals surface area contributed by atoms with Crippen LogP contribution >= 0.6 is 0 Å². The van der Waals surface area contributed by atoms with Gasteiger partial charge >= 0.3 is 0 Å². The van der Waals surface area contributed by atoms with Gasteiger partial charge in [-0.1, -0.05) is 24.6 Å². The number of hydrogen-bond acceptors (Lipinski definition) is 3. The van der Waals surface area contributed by atoms with Crippen molar-refractivity contribution < 1.29 is 10.2 Å². The molecular weight excluding hydrogens is 202 g/mol. The second-order valence-corrected chi connectivity index (χ2v) is 4.48. The number of phenolic OH excluding ortho intramolecular Hbond substituents is 1. The SMILES string of the molecule is Cc1ccc(O)c(C(C)CC(CN)CO)c1. The van der Waals surface area contributed by atoms with E-state index < -0.39 is 0 Å². The van der Waals surface area contributed by atoms with Crippen LogP contribution in [0, 0.1) is 12.8 Å². The summed E-state index contributed by atoms with van der Waals surface area (Å²) in [5.41, 5.74) is 7.62. The maximum atomic E-state index is 9.77. The Morgan fingerprint density at radius 3 is 2.62 bits per heavy atom. The second kappa shape index (κ2) is 5.87. The van der Waals surface area contributed by atoms with Gasteiger partial charge < -0.3 is 15.9 Å². The Hall–Kier alpha value is -1.06. The minimum atomic E-state index is 0.105. The molecule has 0 radical (unpaired) electrons. The molecule has 0 aliphatic rings. The van der Waals surface area contributed by atoms with Gasteiger partial charge in [0.1, 0.15) is 5.75 Å². The highest BCUT2D eigenvalue weighted by atomic mass is 16.3. The number of rotatable bonds is 5. The lowest BCUT2D eigenvalue weighted by Gasteiger charge is -2.19. The summed E-state index contributed by atoms with van der Waals surface area (Å²) in [6, 6.07) is 5.60. The summed E-state index contributed by atoms with van der Waals surface area (Å²) in [6.07, 6.45) is 0.796. The van der Waals surface area contributed by atoms with Crippen LogP contribution in [0.3, 0.4) is 0 Å². The summed E-state index contributed by atoms with van der Waals surface area (Å²) < 4.78 is 0. The third-order valence-corrected chi connectivity index (χ3v) is 2.99. The standard InChI is InChI=1S/C13H21NO2/c1-9-3-4-13(16)12(5-9)10(2)6-11(7-14)8-15/h3-5,10-11,15-16H,6-8,14H2,1-2H3. The molecule has 1 aromatic carbocycles. The van der Waals surface area contributed by atoms with Gasteiger partial charge in [-0.05, 0) is 43.4 Å². The number of aliphatic hydroxyl groups is 1. The highest BCUT2D eigenvalue weighted by Crippen LogP contribution is 2.30. The van der Waals surface area contributed by atoms with Crippen LogP contribution in [0.5, 0.6) is 5.75 Å². The van der Waals surface area contributed by atoms with Crippen molar-refractivity contribution in [3.8, 4) is 5.75 Å². The highest BCUT2D eigenvalue weighted by Gasteiger charge is 2.15. The molecule has 2 atom stereocenters. The van der Waals surface area contributed by atoms with E-state index in [1.165, 1.54) is 0 Å². The fourth-order valence-corrected chi connectivity index (χ4v) is 1.94. The van der Waals surface area contributed by atoms with Crippen molar-refractivity contribution in [2.45, 2.75) is 26.2 Å². The Bertz CT molecular complexity index is 335. The second-order valence-electron chi connectivity index (χ2n) is 4.48. The molecule has 1 aromatic rings. The fourth-order valence-electron chi connectivity index (χ4n) is 1.94. The van der Waals surface area contributed by atoms with E-state index in [1.807, 2.05) is 26.0 Å². The molecule has 0 aromatic heterocycles. The molecule has 2 unspecified atom stereocenters. The van der Waals surface area contributed by atoms with Crippen LogP contribution < -0.4 is 5.73 Å². The van der Waals surface area contributed by atoms with Crippen LogP contribution in [0.15, 0.2) is 18.2 Å². The molecule has 0 spiro atoms. The molecule has 0 saturated carbocycles. The van der Waals surface area contributed by atoms with Crippen LogP contribution in [-0.2, 0) is 0 Å². The average molecular weight is 223 g/mol. The van der Waals surface area contributed by atoms with Gasteiger partial charge in [-0.2, -0.15) is 0 Å². The summed E-state index contributed by atoms with van der Waals surface area (Å²) in [5.74, 6) is 0.641. The van der Waals surface area contributed by atoms with E-state index in [2.05, 4.69) is 0 Å². The first-order valence-corrected chi connectivity index (χ1v) is 5.69. The normalized spacial score (nSPS) is 14.8. The zero-order chi connectivity index (χ0) is 12.1. The molecule has 0 aliphatic heterocycles. The number of phenols is 1. The Labute approximate surface area is 96.9 Å². The van der Waals surface area contributed by atoms with E-state index >= 15 is 0 Å². The molecule has 4 N–H and O–H groups in total. The molecule has 90 valence electrons. The molecule has 0 heterocycles. The van der Waals surface area contributed by atoms with Crippen molar-refractivity contribution in [2.24, 2.45) is 11.7 Å². The first-order valence-electron chi connectivity index (χ1n) is 5.69. The largest absolute Gasteiger partial charge is 0.508 e. The van der Waals surface area contributed by atoms with Gasteiger partial charge in [-0.3, -0.25) is 0 Å². The van der Waals surface area contributed by atoms with Crippen molar-refractivity contribution in [1.29, 1.82) is 0 Å². The number of aryl methyl sites for hydroxylation is 1. The number of aliphatic hydroxyl groups excluding tert-OH is 1. The summed E-state index contributed by atoms with van der Waals surface area (Å²) >= 11 is 0. The molecule has 3 heteroatoms. The van der Waals surface area contributed by atoms with E-state index in [0.29, 0.717) is 12.3 Å². The van der Waals surface area contributed by atoms with Crippen molar-refractivity contribution in [2.75, 3.05) is 13.2 Å². The Balaban J connectivity index is 2.79. The third kappa shape index (κ3) is 3.22. The Morgan fingerprint density at radius 2 is 2.06 bits per heavy atom. The summed E-state index contributed by atoms with van der Waals surface area (Å²) in [7, 11) is 0. The van der Waals surface area contributed by atoms with E-state index in [0.717, 1.165) is 17.5 Å². The zero-order valence-electron chi connectivity index (χ0n) is 9.98.